The van der Waals surface area contributed by atoms with E-state index in [9.17, 15) is 9.59 Å². The summed E-state index contributed by atoms with van der Waals surface area (Å²) in [6.07, 6.45) is 4.22. The number of hydrogen-bond donors (Lipinski definition) is 1. The van der Waals surface area contributed by atoms with Crippen LogP contribution in [0, 0.1) is 5.92 Å². The minimum absolute atomic E-state index is 0. The monoisotopic (exact) mass is 409 g/mol. The van der Waals surface area contributed by atoms with E-state index >= 15 is 0 Å². The van der Waals surface area contributed by atoms with Crippen LogP contribution in [0.1, 0.15) is 37.2 Å². The zero-order chi connectivity index (χ0) is 18.1. The first-order valence-corrected chi connectivity index (χ1v) is 10.8. The summed E-state index contributed by atoms with van der Waals surface area (Å²) in [7, 11) is 0. The fourth-order valence-electron chi connectivity index (χ4n) is 4.54. The van der Waals surface area contributed by atoms with E-state index in [1.165, 1.54) is 5.56 Å². The van der Waals surface area contributed by atoms with E-state index < -0.39 is 0 Å². The Labute approximate surface area is 171 Å². The van der Waals surface area contributed by atoms with E-state index in [1.54, 1.807) is 11.8 Å². The molecule has 1 saturated carbocycles. The molecule has 1 unspecified atom stereocenters. The van der Waals surface area contributed by atoms with Crippen LogP contribution in [-0.4, -0.2) is 58.4 Å². The Kier molecular flexibility index (Phi) is 6.71. The highest BCUT2D eigenvalue weighted by atomic mass is 35.5. The molecule has 2 N–H and O–H groups in total. The Morgan fingerprint density at radius 3 is 2.44 bits per heavy atom. The molecule has 1 aliphatic carbocycles. The number of rotatable bonds is 3. The van der Waals surface area contributed by atoms with Gasteiger partial charge in [-0.15, -0.1) is 24.2 Å². The topological polar surface area (TPSA) is 66.6 Å². The predicted octanol–water partition coefficient (Wildman–Crippen LogP) is 2.45. The molecular weight excluding hydrogens is 382 g/mol. The van der Waals surface area contributed by atoms with Crippen LogP contribution in [0.3, 0.4) is 0 Å². The van der Waals surface area contributed by atoms with Gasteiger partial charge in [0.1, 0.15) is 6.04 Å². The minimum Gasteiger partial charge on any atom is -0.339 e. The van der Waals surface area contributed by atoms with Crippen molar-refractivity contribution in [3.05, 3.63) is 35.9 Å². The summed E-state index contributed by atoms with van der Waals surface area (Å²) in [6.45, 7) is 1.22. The number of hydrogen-bond acceptors (Lipinski definition) is 4. The summed E-state index contributed by atoms with van der Waals surface area (Å²) in [6, 6.07) is 9.84. The van der Waals surface area contributed by atoms with Crippen LogP contribution in [0.25, 0.3) is 0 Å². The largest absolute Gasteiger partial charge is 0.339 e. The standard InChI is InChI=1S/C20H27N3O2S.ClH/c21-17-11-22(10-16(17)14-6-2-1-3-7-14)20(25)18-12-26-13-23(18)19(24)15-8-4-5-9-15;/h1-3,6-7,15-18H,4-5,8-13,21H2;1H/t16-,17+,18?;/m0./s1. The van der Waals surface area contributed by atoms with Crippen LogP contribution < -0.4 is 5.73 Å². The molecule has 1 aromatic carbocycles. The summed E-state index contributed by atoms with van der Waals surface area (Å²) < 4.78 is 0. The van der Waals surface area contributed by atoms with Crippen molar-refractivity contribution in [3.8, 4) is 0 Å². The number of likely N-dealkylation sites (tertiary alicyclic amines) is 1. The maximum atomic E-state index is 13.2. The molecule has 3 atom stereocenters. The van der Waals surface area contributed by atoms with Gasteiger partial charge >= 0.3 is 0 Å². The van der Waals surface area contributed by atoms with Crippen LogP contribution in [0.15, 0.2) is 30.3 Å². The SMILES string of the molecule is Cl.N[C@@H]1CN(C(=O)C2CSCN2C(=O)C2CCCC2)C[C@H]1c1ccccc1. The fraction of sp³-hybridized carbons (Fsp3) is 0.600. The Hall–Kier alpha value is -1.24. The van der Waals surface area contributed by atoms with Crippen LogP contribution in [-0.2, 0) is 9.59 Å². The highest BCUT2D eigenvalue weighted by molar-refractivity contribution is 7.99. The molecule has 5 nitrogen and oxygen atoms in total. The lowest BCUT2D eigenvalue weighted by Gasteiger charge is -2.29. The molecule has 7 heteroatoms. The first-order chi connectivity index (χ1) is 12.6. The van der Waals surface area contributed by atoms with E-state index in [4.69, 9.17) is 5.73 Å². The van der Waals surface area contributed by atoms with E-state index in [-0.39, 0.29) is 48.1 Å². The third kappa shape index (κ3) is 4.13. The number of halogens is 1. The van der Waals surface area contributed by atoms with Crippen molar-refractivity contribution in [3.63, 3.8) is 0 Å². The summed E-state index contributed by atoms with van der Waals surface area (Å²) in [5.41, 5.74) is 7.54. The van der Waals surface area contributed by atoms with Crippen molar-refractivity contribution in [1.82, 2.24) is 9.80 Å². The van der Waals surface area contributed by atoms with Gasteiger partial charge < -0.3 is 15.5 Å². The number of nitrogens with zero attached hydrogens (tertiary/aromatic N) is 2. The molecule has 2 saturated heterocycles. The molecule has 3 fully saturated rings. The molecular formula is C20H28ClN3O2S. The number of thioether (sulfide) groups is 1. The highest BCUT2D eigenvalue weighted by Gasteiger charge is 2.43. The summed E-state index contributed by atoms with van der Waals surface area (Å²) in [4.78, 5) is 29.7. The Morgan fingerprint density at radius 2 is 1.74 bits per heavy atom. The molecule has 3 aliphatic rings. The quantitative estimate of drug-likeness (QED) is 0.832. The predicted molar refractivity (Wildman–Crippen MR) is 111 cm³/mol. The second-order valence-corrected chi connectivity index (χ2v) is 8.73. The molecule has 148 valence electrons. The van der Waals surface area contributed by atoms with Crippen LogP contribution >= 0.6 is 24.2 Å². The molecule has 4 rings (SSSR count). The molecule has 0 aromatic heterocycles. The van der Waals surface area contributed by atoms with Gasteiger partial charge in [-0.3, -0.25) is 9.59 Å². The number of amides is 2. The van der Waals surface area contributed by atoms with Crippen molar-refractivity contribution in [2.24, 2.45) is 11.7 Å². The number of carbonyl (C=O) groups excluding carboxylic acids is 2. The van der Waals surface area contributed by atoms with Crippen LogP contribution in [0.2, 0.25) is 0 Å². The smallest absolute Gasteiger partial charge is 0.246 e. The van der Waals surface area contributed by atoms with Crippen molar-refractivity contribution < 1.29 is 9.59 Å². The maximum Gasteiger partial charge on any atom is 0.246 e. The fourth-order valence-corrected chi connectivity index (χ4v) is 5.70. The molecule has 2 amide bonds. The van der Waals surface area contributed by atoms with Gasteiger partial charge in [-0.1, -0.05) is 43.2 Å². The Morgan fingerprint density at radius 1 is 1.04 bits per heavy atom. The van der Waals surface area contributed by atoms with Gasteiger partial charge in [0, 0.05) is 36.7 Å². The highest BCUT2D eigenvalue weighted by Crippen LogP contribution is 2.33. The first kappa shape index (κ1) is 20.5. The number of carbonyl (C=O) groups is 2. The molecule has 0 radical (unpaired) electrons. The number of nitrogens with two attached hydrogens (primary N) is 1. The van der Waals surface area contributed by atoms with Gasteiger partial charge in [-0.05, 0) is 18.4 Å². The number of benzene rings is 1. The maximum absolute atomic E-state index is 13.2. The van der Waals surface area contributed by atoms with Crippen molar-refractivity contribution in [1.29, 1.82) is 0 Å². The van der Waals surface area contributed by atoms with E-state index in [1.807, 2.05) is 28.0 Å². The van der Waals surface area contributed by atoms with Gasteiger partial charge in [-0.25, -0.2) is 0 Å². The lowest BCUT2D eigenvalue weighted by molar-refractivity contribution is -0.145. The Bertz CT molecular complexity index is 668. The van der Waals surface area contributed by atoms with Gasteiger partial charge in [-0.2, -0.15) is 0 Å². The van der Waals surface area contributed by atoms with Gasteiger partial charge in [0.05, 0.1) is 5.88 Å². The average Bonchev–Trinajstić information content (AvgIpc) is 3.41. The Balaban J connectivity index is 0.00000210. The second kappa shape index (κ2) is 8.84. The van der Waals surface area contributed by atoms with E-state index in [2.05, 4.69) is 12.1 Å². The van der Waals surface area contributed by atoms with E-state index in [0.717, 1.165) is 25.7 Å². The molecule has 2 aliphatic heterocycles. The summed E-state index contributed by atoms with van der Waals surface area (Å²) >= 11 is 1.69. The average molecular weight is 410 g/mol. The lowest BCUT2D eigenvalue weighted by atomic mass is 9.95. The molecule has 2 heterocycles. The molecule has 0 bridgehead atoms. The molecule has 1 aromatic rings. The molecule has 0 spiro atoms. The van der Waals surface area contributed by atoms with Gasteiger partial charge in [0.25, 0.3) is 0 Å². The van der Waals surface area contributed by atoms with Crippen LogP contribution in [0.5, 0.6) is 0 Å². The zero-order valence-electron chi connectivity index (χ0n) is 15.5. The summed E-state index contributed by atoms with van der Waals surface area (Å²) in [5, 5.41) is 0. The van der Waals surface area contributed by atoms with Crippen molar-refractivity contribution in [2.75, 3.05) is 24.7 Å². The third-order valence-corrected chi connectivity index (χ3v) is 7.07. The van der Waals surface area contributed by atoms with Crippen molar-refractivity contribution in [2.45, 2.75) is 43.7 Å². The first-order valence-electron chi connectivity index (χ1n) is 9.62. The van der Waals surface area contributed by atoms with Crippen LogP contribution in [0.4, 0.5) is 0 Å². The normalized spacial score (nSPS) is 28.4. The van der Waals surface area contributed by atoms with E-state index in [0.29, 0.717) is 24.7 Å². The lowest BCUT2D eigenvalue weighted by Crippen LogP contribution is -2.50. The second-order valence-electron chi connectivity index (χ2n) is 7.73. The molecule has 27 heavy (non-hydrogen) atoms. The minimum atomic E-state index is -0.310. The van der Waals surface area contributed by atoms with Gasteiger partial charge in [0.15, 0.2) is 0 Å². The van der Waals surface area contributed by atoms with Crippen molar-refractivity contribution >= 4 is 36.0 Å². The summed E-state index contributed by atoms with van der Waals surface area (Å²) in [5.74, 6) is 1.92. The third-order valence-electron chi connectivity index (χ3n) is 6.06. The zero-order valence-corrected chi connectivity index (χ0v) is 17.1. The van der Waals surface area contributed by atoms with Gasteiger partial charge in [0.2, 0.25) is 11.8 Å².